The fourth-order valence-electron chi connectivity index (χ4n) is 5.63. The summed E-state index contributed by atoms with van der Waals surface area (Å²) in [6.07, 6.45) is 13.2. The molecule has 0 atom stereocenters. The largest absolute Gasteiger partial charge is 0.309 e. The van der Waals surface area contributed by atoms with Crippen molar-refractivity contribution in [3.8, 4) is 5.69 Å². The van der Waals surface area contributed by atoms with Gasteiger partial charge in [-0.25, -0.2) is 0 Å². The van der Waals surface area contributed by atoms with Gasteiger partial charge in [0.25, 0.3) is 0 Å². The van der Waals surface area contributed by atoms with Crippen LogP contribution in [0.15, 0.2) is 72.8 Å². The summed E-state index contributed by atoms with van der Waals surface area (Å²) in [6, 6.07) is 26.9. The molecule has 0 fully saturated rings. The van der Waals surface area contributed by atoms with Crippen molar-refractivity contribution >= 4 is 21.8 Å². The van der Waals surface area contributed by atoms with Crippen molar-refractivity contribution in [2.75, 3.05) is 0 Å². The van der Waals surface area contributed by atoms with Gasteiger partial charge in [0.15, 0.2) is 0 Å². The lowest BCUT2D eigenvalue weighted by molar-refractivity contribution is 0.366. The van der Waals surface area contributed by atoms with Crippen LogP contribution >= 0.6 is 0 Å². The molecule has 1 nitrogen and oxygen atoms in total. The molecule has 1 aromatic heterocycles. The van der Waals surface area contributed by atoms with Gasteiger partial charge in [-0.2, -0.15) is 0 Å². The maximum Gasteiger partial charge on any atom is 0.0578 e. The second-order valence-corrected chi connectivity index (χ2v) is 10.1. The number of hydrogen-bond donors (Lipinski definition) is 0. The number of para-hydroxylation sites is 3. The number of unbranched alkanes of at least 4 members (excludes halogenated alkanes) is 6. The smallest absolute Gasteiger partial charge is 0.0578 e. The first-order valence-electron chi connectivity index (χ1n) is 13.3. The second kappa shape index (κ2) is 11.1. The highest BCUT2D eigenvalue weighted by molar-refractivity contribution is 6.10. The van der Waals surface area contributed by atoms with Crippen LogP contribution in [0.5, 0.6) is 0 Å². The highest BCUT2D eigenvalue weighted by atomic mass is 15.0. The minimum absolute atomic E-state index is 0.196. The standard InChI is InChI=1S/C32H41N/c1-4-6-8-15-24-32(3,25-16-9-7-5-2)29-22-17-21-28-27-20-13-14-23-30(27)33(31(28)29)26-18-11-10-12-19-26/h10-14,17-23H,4-9,15-16,24-25H2,1-3H3. The van der Waals surface area contributed by atoms with Crippen LogP contribution in [-0.2, 0) is 5.41 Å². The van der Waals surface area contributed by atoms with Crippen LogP contribution in [0.25, 0.3) is 27.5 Å². The highest BCUT2D eigenvalue weighted by Crippen LogP contribution is 2.43. The van der Waals surface area contributed by atoms with Crippen LogP contribution in [-0.4, -0.2) is 4.57 Å². The summed E-state index contributed by atoms with van der Waals surface area (Å²) >= 11 is 0. The molecular weight excluding hydrogens is 398 g/mol. The first kappa shape index (κ1) is 23.6. The summed E-state index contributed by atoms with van der Waals surface area (Å²) in [4.78, 5) is 0. The Morgan fingerprint density at radius 2 is 1.21 bits per heavy atom. The van der Waals surface area contributed by atoms with E-state index in [0.717, 1.165) is 0 Å². The second-order valence-electron chi connectivity index (χ2n) is 10.1. The lowest BCUT2D eigenvalue weighted by Crippen LogP contribution is -2.23. The average Bonchev–Trinajstić information content (AvgIpc) is 3.20. The van der Waals surface area contributed by atoms with Crippen LogP contribution in [0, 0.1) is 0 Å². The van der Waals surface area contributed by atoms with E-state index in [1.165, 1.54) is 97.3 Å². The molecule has 3 aromatic carbocycles. The molecule has 33 heavy (non-hydrogen) atoms. The van der Waals surface area contributed by atoms with E-state index in [4.69, 9.17) is 0 Å². The van der Waals surface area contributed by atoms with Gasteiger partial charge in [0.2, 0.25) is 0 Å². The zero-order chi connectivity index (χ0) is 23.1. The molecule has 4 aromatic rings. The Hall–Kier alpha value is -2.54. The van der Waals surface area contributed by atoms with E-state index in [1.807, 2.05) is 0 Å². The number of aromatic nitrogens is 1. The van der Waals surface area contributed by atoms with Crippen LogP contribution in [0.1, 0.15) is 90.5 Å². The van der Waals surface area contributed by atoms with Gasteiger partial charge in [0.1, 0.15) is 0 Å². The number of nitrogens with zero attached hydrogens (tertiary/aromatic N) is 1. The Morgan fingerprint density at radius 1 is 0.606 bits per heavy atom. The molecule has 4 rings (SSSR count). The van der Waals surface area contributed by atoms with Crippen LogP contribution in [0.2, 0.25) is 0 Å². The zero-order valence-corrected chi connectivity index (χ0v) is 20.9. The van der Waals surface area contributed by atoms with Gasteiger partial charge in [-0.1, -0.05) is 127 Å². The van der Waals surface area contributed by atoms with Crippen LogP contribution in [0.4, 0.5) is 0 Å². The monoisotopic (exact) mass is 439 g/mol. The summed E-state index contributed by atoms with van der Waals surface area (Å²) in [5.41, 5.74) is 5.72. The summed E-state index contributed by atoms with van der Waals surface area (Å²) in [6.45, 7) is 7.17. The molecule has 0 amide bonds. The summed E-state index contributed by atoms with van der Waals surface area (Å²) in [5, 5.41) is 2.75. The topological polar surface area (TPSA) is 4.93 Å². The first-order chi connectivity index (χ1) is 16.2. The van der Waals surface area contributed by atoms with Crippen molar-refractivity contribution in [1.82, 2.24) is 4.57 Å². The van der Waals surface area contributed by atoms with E-state index in [0.29, 0.717) is 0 Å². The number of hydrogen-bond acceptors (Lipinski definition) is 0. The van der Waals surface area contributed by atoms with Crippen LogP contribution < -0.4 is 0 Å². The van der Waals surface area contributed by atoms with Crippen molar-refractivity contribution in [3.63, 3.8) is 0 Å². The molecule has 0 bridgehead atoms. The number of rotatable bonds is 12. The third kappa shape index (κ3) is 5.03. The maximum absolute atomic E-state index is 2.55. The molecule has 0 spiro atoms. The third-order valence-electron chi connectivity index (χ3n) is 7.52. The van der Waals surface area contributed by atoms with Gasteiger partial charge in [0.05, 0.1) is 11.0 Å². The lowest BCUT2D eigenvalue weighted by Gasteiger charge is -2.32. The first-order valence-corrected chi connectivity index (χ1v) is 13.3. The molecule has 0 aliphatic carbocycles. The Labute approximate surface area is 200 Å². The van der Waals surface area contributed by atoms with Gasteiger partial charge in [-0.15, -0.1) is 0 Å². The van der Waals surface area contributed by atoms with Crippen molar-refractivity contribution in [3.05, 3.63) is 78.4 Å². The van der Waals surface area contributed by atoms with E-state index >= 15 is 0 Å². The molecule has 1 heterocycles. The average molecular weight is 440 g/mol. The molecule has 174 valence electrons. The number of benzene rings is 3. The van der Waals surface area contributed by atoms with Crippen LogP contribution in [0.3, 0.4) is 0 Å². The predicted octanol–water partition coefficient (Wildman–Crippen LogP) is 9.98. The molecule has 0 aliphatic rings. The predicted molar refractivity (Wildman–Crippen MR) is 146 cm³/mol. The molecule has 0 saturated carbocycles. The fraction of sp³-hybridized carbons (Fsp3) is 0.438. The van der Waals surface area contributed by atoms with E-state index in [-0.39, 0.29) is 5.41 Å². The van der Waals surface area contributed by atoms with E-state index < -0.39 is 0 Å². The number of fused-ring (bicyclic) bond motifs is 3. The Morgan fingerprint density at radius 3 is 1.88 bits per heavy atom. The molecule has 0 saturated heterocycles. The zero-order valence-electron chi connectivity index (χ0n) is 20.9. The summed E-state index contributed by atoms with van der Waals surface area (Å²) in [7, 11) is 0. The highest BCUT2D eigenvalue weighted by Gasteiger charge is 2.30. The lowest BCUT2D eigenvalue weighted by atomic mass is 9.73. The van der Waals surface area contributed by atoms with Gasteiger partial charge in [-0.05, 0) is 42.0 Å². The van der Waals surface area contributed by atoms with E-state index in [9.17, 15) is 0 Å². The molecule has 0 radical (unpaired) electrons. The quantitative estimate of drug-likeness (QED) is 0.193. The molecular formula is C32H41N. The maximum atomic E-state index is 2.55. The Kier molecular flexibility index (Phi) is 7.91. The minimum atomic E-state index is 0.196. The normalized spacial score (nSPS) is 12.1. The van der Waals surface area contributed by atoms with Crippen molar-refractivity contribution < 1.29 is 0 Å². The molecule has 0 N–H and O–H groups in total. The van der Waals surface area contributed by atoms with Crippen molar-refractivity contribution in [2.24, 2.45) is 0 Å². The van der Waals surface area contributed by atoms with Crippen molar-refractivity contribution in [2.45, 2.75) is 90.4 Å². The summed E-state index contributed by atoms with van der Waals surface area (Å²) in [5.74, 6) is 0. The Bertz CT molecular complexity index is 1140. The minimum Gasteiger partial charge on any atom is -0.309 e. The third-order valence-corrected chi connectivity index (χ3v) is 7.52. The van der Waals surface area contributed by atoms with Crippen molar-refractivity contribution in [1.29, 1.82) is 0 Å². The van der Waals surface area contributed by atoms with E-state index in [1.54, 1.807) is 0 Å². The summed E-state index contributed by atoms with van der Waals surface area (Å²) < 4.78 is 2.52. The molecule has 1 heteroatoms. The molecule has 0 unspecified atom stereocenters. The van der Waals surface area contributed by atoms with E-state index in [2.05, 4.69) is 98.1 Å². The molecule has 0 aliphatic heterocycles. The van der Waals surface area contributed by atoms with Gasteiger partial charge < -0.3 is 4.57 Å². The van der Waals surface area contributed by atoms with Gasteiger partial charge >= 0.3 is 0 Å². The van der Waals surface area contributed by atoms with Gasteiger partial charge in [0, 0.05) is 16.5 Å². The SMILES string of the molecule is CCCCCCC(C)(CCCCCC)c1cccc2c3ccccc3n(-c3ccccc3)c12. The van der Waals surface area contributed by atoms with Gasteiger partial charge in [-0.3, -0.25) is 0 Å². The fourth-order valence-corrected chi connectivity index (χ4v) is 5.63. The Balaban J connectivity index is 1.88.